The Balaban J connectivity index is 1.02. The van der Waals surface area contributed by atoms with Gasteiger partial charge in [-0.05, 0) is 148 Å². The molecule has 0 aliphatic heterocycles. The molecule has 0 radical (unpaired) electrons. The lowest BCUT2D eigenvalue weighted by Crippen LogP contribution is -2.55. The van der Waals surface area contributed by atoms with Gasteiger partial charge in [0.25, 0.3) is 0 Å². The lowest BCUT2D eigenvalue weighted by Gasteiger charge is -2.61. The molecule has 5 aliphatic carbocycles. The largest absolute Gasteiger partial charge is 0.310 e. The van der Waals surface area contributed by atoms with Crippen molar-refractivity contribution in [3.63, 3.8) is 0 Å². The van der Waals surface area contributed by atoms with Crippen LogP contribution < -0.4 is 4.90 Å². The molecule has 7 aromatic carbocycles. The summed E-state index contributed by atoms with van der Waals surface area (Å²) in [5.41, 5.74) is 12.4. The second-order valence-electron chi connectivity index (χ2n) is 16.2. The summed E-state index contributed by atoms with van der Waals surface area (Å²) < 4.78 is 2.67. The molecule has 8 aromatic rings. The van der Waals surface area contributed by atoms with Crippen molar-refractivity contribution >= 4 is 59.3 Å². The lowest BCUT2D eigenvalue weighted by atomic mass is 9.43. The van der Waals surface area contributed by atoms with Crippen molar-refractivity contribution in [3.05, 3.63) is 163 Å². The molecule has 5 aliphatic rings. The minimum absolute atomic E-state index is 0.181. The van der Waals surface area contributed by atoms with Crippen molar-refractivity contribution in [3.8, 4) is 22.3 Å². The summed E-state index contributed by atoms with van der Waals surface area (Å²) in [7, 11) is 0. The standard InChI is InChI=1S/C50H39NS/c1-2-8-35-28-36(14-13-33(35)7-1)34-15-17-39(18-16-34)51(41-19-21-44-43-10-4-6-12-48(43)52-49(44)30-41)40-20-22-47-45(29-40)42-9-3-5-11-46(42)50(47)37-24-31-23-32(26-37)27-38(50)25-31/h1-22,28-32,37-38H,23-27H2. The predicted octanol–water partition coefficient (Wildman–Crippen LogP) is 14.1. The van der Waals surface area contributed by atoms with Gasteiger partial charge in [-0.1, -0.05) is 103 Å². The highest BCUT2D eigenvalue weighted by molar-refractivity contribution is 7.25. The first kappa shape index (κ1) is 29.4. The number of hydrogen-bond acceptors (Lipinski definition) is 2. The molecule has 0 saturated heterocycles. The van der Waals surface area contributed by atoms with Gasteiger partial charge in [-0.3, -0.25) is 0 Å². The fourth-order valence-electron chi connectivity index (χ4n) is 11.8. The van der Waals surface area contributed by atoms with E-state index in [-0.39, 0.29) is 5.41 Å². The summed E-state index contributed by atoms with van der Waals surface area (Å²) in [5.74, 6) is 3.43. The molecule has 4 fully saturated rings. The van der Waals surface area contributed by atoms with Crippen molar-refractivity contribution in [2.45, 2.75) is 37.5 Å². The fraction of sp³-hybridized carbons (Fsp3) is 0.200. The molecule has 0 amide bonds. The Morgan fingerprint density at radius 2 is 1.08 bits per heavy atom. The van der Waals surface area contributed by atoms with E-state index in [1.54, 1.807) is 11.1 Å². The number of fused-ring (bicyclic) bond motifs is 7. The lowest BCUT2D eigenvalue weighted by molar-refractivity contribution is -0.0399. The molecule has 0 N–H and O–H groups in total. The molecular weight excluding hydrogens is 647 g/mol. The third-order valence-electron chi connectivity index (χ3n) is 13.6. The second-order valence-corrected chi connectivity index (χ2v) is 17.3. The maximum atomic E-state index is 2.56. The van der Waals surface area contributed by atoms with E-state index in [1.165, 1.54) is 102 Å². The Labute approximate surface area is 309 Å². The number of thiophene rings is 1. The fourth-order valence-corrected chi connectivity index (χ4v) is 12.9. The van der Waals surface area contributed by atoms with Crippen molar-refractivity contribution in [2.24, 2.45) is 23.7 Å². The third-order valence-corrected chi connectivity index (χ3v) is 14.8. The molecule has 0 unspecified atom stereocenters. The maximum absolute atomic E-state index is 2.56. The quantitative estimate of drug-likeness (QED) is 0.178. The first-order valence-corrected chi connectivity index (χ1v) is 20.1. The van der Waals surface area contributed by atoms with E-state index >= 15 is 0 Å². The highest BCUT2D eigenvalue weighted by atomic mass is 32.1. The zero-order chi connectivity index (χ0) is 34.0. The highest BCUT2D eigenvalue weighted by Crippen LogP contribution is 2.69. The van der Waals surface area contributed by atoms with Crippen LogP contribution in [0.1, 0.15) is 43.2 Å². The van der Waals surface area contributed by atoms with Gasteiger partial charge in [0, 0.05) is 42.6 Å². The molecule has 1 nitrogen and oxygen atoms in total. The topological polar surface area (TPSA) is 3.24 Å². The van der Waals surface area contributed by atoms with Gasteiger partial charge >= 0.3 is 0 Å². The van der Waals surface area contributed by atoms with E-state index in [1.807, 2.05) is 11.3 Å². The molecule has 1 aromatic heterocycles. The van der Waals surface area contributed by atoms with Crippen molar-refractivity contribution < 1.29 is 0 Å². The van der Waals surface area contributed by atoms with Crippen LogP contribution in [0.25, 0.3) is 53.2 Å². The molecule has 1 heterocycles. The number of benzene rings is 7. The van der Waals surface area contributed by atoms with Crippen LogP contribution in [-0.4, -0.2) is 0 Å². The van der Waals surface area contributed by atoms with E-state index in [9.17, 15) is 0 Å². The van der Waals surface area contributed by atoms with Crippen LogP contribution in [-0.2, 0) is 5.41 Å². The van der Waals surface area contributed by atoms with Crippen LogP contribution in [0.4, 0.5) is 17.1 Å². The monoisotopic (exact) mass is 685 g/mol. The molecular formula is C50H39NS. The molecule has 4 bridgehead atoms. The molecule has 0 atom stereocenters. The summed E-state index contributed by atoms with van der Waals surface area (Å²) in [4.78, 5) is 2.50. The zero-order valence-electron chi connectivity index (χ0n) is 29.1. The summed E-state index contributed by atoms with van der Waals surface area (Å²) in [6.45, 7) is 0. The number of anilines is 3. The minimum Gasteiger partial charge on any atom is -0.310 e. The van der Waals surface area contributed by atoms with Crippen molar-refractivity contribution in [1.82, 2.24) is 0 Å². The van der Waals surface area contributed by atoms with Gasteiger partial charge in [-0.2, -0.15) is 0 Å². The average molecular weight is 686 g/mol. The van der Waals surface area contributed by atoms with Gasteiger partial charge in [0.05, 0.1) is 0 Å². The third kappa shape index (κ3) is 4.10. The molecule has 52 heavy (non-hydrogen) atoms. The summed E-state index contributed by atoms with van der Waals surface area (Å²) in [5, 5.41) is 5.23. The number of nitrogens with zero attached hydrogens (tertiary/aromatic N) is 1. The number of rotatable bonds is 4. The smallest absolute Gasteiger partial charge is 0.0476 e. The Hall–Kier alpha value is -5.18. The Morgan fingerprint density at radius 1 is 0.442 bits per heavy atom. The first-order valence-electron chi connectivity index (χ1n) is 19.3. The summed E-state index contributed by atoms with van der Waals surface area (Å²) >= 11 is 1.90. The maximum Gasteiger partial charge on any atom is 0.0476 e. The van der Waals surface area contributed by atoms with Crippen LogP contribution >= 0.6 is 11.3 Å². The highest BCUT2D eigenvalue weighted by Gasteiger charge is 2.61. The van der Waals surface area contributed by atoms with Gasteiger partial charge in [0.15, 0.2) is 0 Å². The van der Waals surface area contributed by atoms with Crippen LogP contribution in [0, 0.1) is 23.7 Å². The molecule has 4 saturated carbocycles. The molecule has 2 heteroatoms. The van der Waals surface area contributed by atoms with Gasteiger partial charge in [-0.25, -0.2) is 0 Å². The Morgan fingerprint density at radius 3 is 1.92 bits per heavy atom. The summed E-state index contributed by atoms with van der Waals surface area (Å²) in [6, 6.07) is 57.6. The van der Waals surface area contributed by atoms with E-state index in [2.05, 4.69) is 157 Å². The SMILES string of the molecule is c1ccc2c(c1)-c1cc(N(c3ccc(-c4ccc5ccccc5c4)cc3)c3ccc4c(c3)sc3ccccc34)ccc1C21C2CC3CC(C2)CC1C3. The minimum atomic E-state index is 0.181. The number of hydrogen-bond donors (Lipinski definition) is 0. The van der Waals surface area contributed by atoms with Gasteiger partial charge in [0.1, 0.15) is 0 Å². The van der Waals surface area contributed by atoms with Crippen molar-refractivity contribution in [2.75, 3.05) is 4.90 Å². The van der Waals surface area contributed by atoms with Crippen LogP contribution in [0.3, 0.4) is 0 Å². The zero-order valence-corrected chi connectivity index (χ0v) is 30.0. The van der Waals surface area contributed by atoms with Gasteiger partial charge < -0.3 is 4.90 Å². The van der Waals surface area contributed by atoms with E-state index in [0.29, 0.717) is 0 Å². The average Bonchev–Trinajstić information content (AvgIpc) is 3.70. The van der Waals surface area contributed by atoms with Crippen LogP contribution in [0.2, 0.25) is 0 Å². The van der Waals surface area contributed by atoms with Gasteiger partial charge in [0.2, 0.25) is 0 Å². The first-order chi connectivity index (χ1) is 25.7. The van der Waals surface area contributed by atoms with Gasteiger partial charge in [-0.15, -0.1) is 11.3 Å². The second kappa shape index (κ2) is 10.9. The molecule has 13 rings (SSSR count). The van der Waals surface area contributed by atoms with Crippen LogP contribution in [0.15, 0.2) is 152 Å². The van der Waals surface area contributed by atoms with Crippen LogP contribution in [0.5, 0.6) is 0 Å². The summed E-state index contributed by atoms with van der Waals surface area (Å²) in [6.07, 6.45) is 7.12. The van der Waals surface area contributed by atoms with E-state index in [4.69, 9.17) is 0 Å². The molecule has 1 spiro atoms. The molecule has 250 valence electrons. The predicted molar refractivity (Wildman–Crippen MR) is 220 cm³/mol. The normalized spacial score (nSPS) is 23.8. The van der Waals surface area contributed by atoms with E-state index in [0.717, 1.165) is 23.7 Å². The van der Waals surface area contributed by atoms with E-state index < -0.39 is 0 Å². The van der Waals surface area contributed by atoms with Crippen molar-refractivity contribution in [1.29, 1.82) is 0 Å². The Kier molecular flexibility index (Phi) is 6.17. The Bertz CT molecular complexity index is 2690.